The third-order valence-electron chi connectivity index (χ3n) is 2.37. The third kappa shape index (κ3) is 2.60. The summed E-state index contributed by atoms with van der Waals surface area (Å²) in [5.74, 6) is -0.980. The van der Waals surface area contributed by atoms with Gasteiger partial charge >= 0.3 is 5.97 Å². The van der Waals surface area contributed by atoms with Crippen molar-refractivity contribution in [1.82, 2.24) is 0 Å². The largest absolute Gasteiger partial charge is 0.478 e. The van der Waals surface area contributed by atoms with Crippen LogP contribution in [0.1, 0.15) is 10.4 Å². The van der Waals surface area contributed by atoms with E-state index in [1.807, 2.05) is 0 Å². The van der Waals surface area contributed by atoms with Crippen LogP contribution >= 0.6 is 23.2 Å². The maximum absolute atomic E-state index is 11.1. The van der Waals surface area contributed by atoms with E-state index >= 15 is 0 Å². The van der Waals surface area contributed by atoms with E-state index in [9.17, 15) is 4.79 Å². The number of carboxylic acids is 1. The molecule has 17 heavy (non-hydrogen) atoms. The molecule has 2 rings (SSSR count). The van der Waals surface area contributed by atoms with Gasteiger partial charge in [0, 0.05) is 10.0 Å². The standard InChI is InChI=1S/C13H8Cl2O2/c14-9-3-1-8(2-4-9)12-7-10(15)5-6-11(12)13(16)17/h1-7H,(H,16,17). The minimum absolute atomic E-state index is 0.219. The first-order valence-corrected chi connectivity index (χ1v) is 5.62. The van der Waals surface area contributed by atoms with Crippen molar-refractivity contribution >= 4 is 29.2 Å². The average molecular weight is 267 g/mol. The van der Waals surface area contributed by atoms with Gasteiger partial charge in [-0.2, -0.15) is 0 Å². The Morgan fingerprint density at radius 1 is 0.941 bits per heavy atom. The average Bonchev–Trinajstić information content (AvgIpc) is 2.29. The molecule has 0 amide bonds. The van der Waals surface area contributed by atoms with E-state index < -0.39 is 5.97 Å². The molecule has 0 aromatic heterocycles. The number of benzene rings is 2. The Morgan fingerprint density at radius 3 is 2.12 bits per heavy atom. The smallest absolute Gasteiger partial charge is 0.336 e. The molecule has 86 valence electrons. The summed E-state index contributed by atoms with van der Waals surface area (Å²) in [6.07, 6.45) is 0. The molecule has 0 atom stereocenters. The Labute approximate surface area is 108 Å². The Kier molecular flexibility index (Phi) is 3.36. The lowest BCUT2D eigenvalue weighted by atomic mass is 10.00. The Bertz CT molecular complexity index is 562. The molecule has 0 aliphatic rings. The van der Waals surface area contributed by atoms with E-state index in [0.29, 0.717) is 15.6 Å². The first-order chi connectivity index (χ1) is 8.08. The Hall–Kier alpha value is -1.51. The second kappa shape index (κ2) is 4.78. The van der Waals surface area contributed by atoms with E-state index in [0.717, 1.165) is 5.56 Å². The summed E-state index contributed by atoms with van der Waals surface area (Å²) in [6.45, 7) is 0. The summed E-state index contributed by atoms with van der Waals surface area (Å²) in [6, 6.07) is 11.6. The number of rotatable bonds is 2. The van der Waals surface area contributed by atoms with Crippen LogP contribution in [0.5, 0.6) is 0 Å². The van der Waals surface area contributed by atoms with Gasteiger partial charge in [-0.15, -0.1) is 0 Å². The molecule has 0 bridgehead atoms. The zero-order valence-corrected chi connectivity index (χ0v) is 10.2. The molecule has 1 N–H and O–H groups in total. The molecule has 0 spiro atoms. The van der Waals surface area contributed by atoms with Crippen molar-refractivity contribution in [2.75, 3.05) is 0 Å². The maximum atomic E-state index is 11.1. The summed E-state index contributed by atoms with van der Waals surface area (Å²) in [4.78, 5) is 11.1. The van der Waals surface area contributed by atoms with Crippen LogP contribution in [0.3, 0.4) is 0 Å². The lowest BCUT2D eigenvalue weighted by molar-refractivity contribution is 0.0698. The van der Waals surface area contributed by atoms with Gasteiger partial charge in [0.2, 0.25) is 0 Å². The van der Waals surface area contributed by atoms with Crippen LogP contribution in [-0.2, 0) is 0 Å². The van der Waals surface area contributed by atoms with Crippen LogP contribution in [0.2, 0.25) is 10.0 Å². The van der Waals surface area contributed by atoms with Gasteiger partial charge in [-0.25, -0.2) is 4.79 Å². The molecule has 2 aromatic carbocycles. The summed E-state index contributed by atoms with van der Waals surface area (Å²) in [7, 11) is 0. The molecule has 0 fully saturated rings. The lowest BCUT2D eigenvalue weighted by Gasteiger charge is -2.07. The molecule has 0 saturated heterocycles. The van der Waals surface area contributed by atoms with Crippen LogP contribution in [0, 0.1) is 0 Å². The van der Waals surface area contributed by atoms with E-state index in [1.54, 1.807) is 36.4 Å². The topological polar surface area (TPSA) is 37.3 Å². The predicted octanol–water partition coefficient (Wildman–Crippen LogP) is 4.36. The lowest BCUT2D eigenvalue weighted by Crippen LogP contribution is -1.99. The number of carbonyl (C=O) groups is 1. The van der Waals surface area contributed by atoms with Gasteiger partial charge in [-0.05, 0) is 41.5 Å². The quantitative estimate of drug-likeness (QED) is 0.877. The highest BCUT2D eigenvalue weighted by molar-refractivity contribution is 6.31. The van der Waals surface area contributed by atoms with Gasteiger partial charge in [0.1, 0.15) is 0 Å². The Balaban J connectivity index is 2.60. The van der Waals surface area contributed by atoms with Crippen LogP contribution < -0.4 is 0 Å². The first-order valence-electron chi connectivity index (χ1n) is 4.87. The van der Waals surface area contributed by atoms with Gasteiger partial charge in [-0.1, -0.05) is 35.3 Å². The van der Waals surface area contributed by atoms with Crippen molar-refractivity contribution < 1.29 is 9.90 Å². The van der Waals surface area contributed by atoms with Crippen molar-refractivity contribution in [2.45, 2.75) is 0 Å². The van der Waals surface area contributed by atoms with Gasteiger partial charge in [0.25, 0.3) is 0 Å². The SMILES string of the molecule is O=C(O)c1ccc(Cl)cc1-c1ccc(Cl)cc1. The van der Waals surface area contributed by atoms with E-state index in [2.05, 4.69) is 0 Å². The molecule has 4 heteroatoms. The molecule has 0 unspecified atom stereocenters. The minimum Gasteiger partial charge on any atom is -0.478 e. The molecule has 0 saturated carbocycles. The highest BCUT2D eigenvalue weighted by Gasteiger charge is 2.11. The highest BCUT2D eigenvalue weighted by atomic mass is 35.5. The molecule has 2 aromatic rings. The molecule has 0 radical (unpaired) electrons. The molecule has 0 aliphatic carbocycles. The number of aromatic carboxylic acids is 1. The third-order valence-corrected chi connectivity index (χ3v) is 2.85. The van der Waals surface area contributed by atoms with Gasteiger partial charge < -0.3 is 5.11 Å². The fraction of sp³-hybridized carbons (Fsp3) is 0. The maximum Gasteiger partial charge on any atom is 0.336 e. The summed E-state index contributed by atoms with van der Waals surface area (Å²) < 4.78 is 0. The second-order valence-electron chi connectivity index (χ2n) is 3.50. The fourth-order valence-electron chi connectivity index (χ4n) is 1.57. The van der Waals surface area contributed by atoms with Crippen molar-refractivity contribution in [3.05, 3.63) is 58.1 Å². The van der Waals surface area contributed by atoms with Gasteiger partial charge in [0.05, 0.1) is 5.56 Å². The van der Waals surface area contributed by atoms with E-state index in [-0.39, 0.29) is 5.56 Å². The zero-order chi connectivity index (χ0) is 12.4. The van der Waals surface area contributed by atoms with Crippen LogP contribution in [-0.4, -0.2) is 11.1 Å². The van der Waals surface area contributed by atoms with Crippen LogP contribution in [0.25, 0.3) is 11.1 Å². The normalized spacial score (nSPS) is 10.2. The predicted molar refractivity (Wildman–Crippen MR) is 68.9 cm³/mol. The highest BCUT2D eigenvalue weighted by Crippen LogP contribution is 2.28. The Morgan fingerprint density at radius 2 is 1.53 bits per heavy atom. The van der Waals surface area contributed by atoms with Crippen molar-refractivity contribution in [3.63, 3.8) is 0 Å². The summed E-state index contributed by atoms with van der Waals surface area (Å²) in [5.41, 5.74) is 1.58. The van der Waals surface area contributed by atoms with Gasteiger partial charge in [-0.3, -0.25) is 0 Å². The second-order valence-corrected chi connectivity index (χ2v) is 4.37. The molecule has 0 heterocycles. The van der Waals surface area contributed by atoms with Crippen molar-refractivity contribution in [1.29, 1.82) is 0 Å². The number of hydrogen-bond acceptors (Lipinski definition) is 1. The molecular weight excluding hydrogens is 259 g/mol. The fourth-order valence-corrected chi connectivity index (χ4v) is 1.87. The van der Waals surface area contributed by atoms with E-state index in [4.69, 9.17) is 28.3 Å². The van der Waals surface area contributed by atoms with Crippen LogP contribution in [0.4, 0.5) is 0 Å². The van der Waals surface area contributed by atoms with E-state index in [1.165, 1.54) is 6.07 Å². The van der Waals surface area contributed by atoms with Gasteiger partial charge in [0.15, 0.2) is 0 Å². The minimum atomic E-state index is -0.980. The van der Waals surface area contributed by atoms with Crippen molar-refractivity contribution in [2.24, 2.45) is 0 Å². The molecule has 2 nitrogen and oxygen atoms in total. The first kappa shape index (κ1) is 12.0. The van der Waals surface area contributed by atoms with Crippen molar-refractivity contribution in [3.8, 4) is 11.1 Å². The number of carboxylic acid groups (broad SMARTS) is 1. The summed E-state index contributed by atoms with van der Waals surface area (Å²) >= 11 is 11.7. The van der Waals surface area contributed by atoms with Crippen LogP contribution in [0.15, 0.2) is 42.5 Å². The molecular formula is C13H8Cl2O2. The number of halogens is 2. The monoisotopic (exact) mass is 266 g/mol. The summed E-state index contributed by atoms with van der Waals surface area (Å²) in [5, 5.41) is 10.2. The molecule has 0 aliphatic heterocycles. The number of hydrogen-bond donors (Lipinski definition) is 1. The zero-order valence-electron chi connectivity index (χ0n) is 8.65.